The van der Waals surface area contributed by atoms with Gasteiger partial charge in [-0.15, -0.1) is 0 Å². The van der Waals surface area contributed by atoms with Crippen LogP contribution >= 0.6 is 15.9 Å². The van der Waals surface area contributed by atoms with Gasteiger partial charge in [0.1, 0.15) is 0 Å². The maximum Gasteiger partial charge on any atom is 0.00678 e. The van der Waals surface area contributed by atoms with Crippen LogP contribution < -0.4 is 0 Å². The Morgan fingerprint density at radius 1 is 1.06 bits per heavy atom. The lowest BCUT2D eigenvalue weighted by molar-refractivity contribution is 0.266. The van der Waals surface area contributed by atoms with Gasteiger partial charge in [-0.2, -0.15) is 0 Å². The van der Waals surface area contributed by atoms with Crippen molar-refractivity contribution in [3.05, 3.63) is 34.4 Å². The summed E-state index contributed by atoms with van der Waals surface area (Å²) >= 11 is 3.67. The van der Waals surface area contributed by atoms with Gasteiger partial charge in [0.15, 0.2) is 0 Å². The molecule has 0 saturated carbocycles. The molecule has 0 aliphatic heterocycles. The Hall–Kier alpha value is -0.300. The molecule has 0 fully saturated rings. The fraction of sp³-hybridized carbons (Fsp3) is 0.625. The van der Waals surface area contributed by atoms with E-state index in [9.17, 15) is 0 Å². The predicted molar refractivity (Wildman–Crippen MR) is 81.1 cm³/mol. The number of hydrogen-bond acceptors (Lipinski definition) is 0. The molecule has 96 valence electrons. The fourth-order valence-electron chi connectivity index (χ4n) is 2.37. The minimum absolute atomic E-state index is 0.354. The summed E-state index contributed by atoms with van der Waals surface area (Å²) in [5.74, 6) is 0.683. The van der Waals surface area contributed by atoms with E-state index < -0.39 is 0 Å². The molecule has 1 aromatic carbocycles. The summed E-state index contributed by atoms with van der Waals surface area (Å²) in [6, 6.07) is 4.60. The first-order valence-corrected chi connectivity index (χ1v) is 7.50. The molecule has 0 heterocycles. The van der Waals surface area contributed by atoms with Crippen molar-refractivity contribution >= 4 is 15.9 Å². The van der Waals surface area contributed by atoms with Crippen LogP contribution in [0.3, 0.4) is 0 Å². The van der Waals surface area contributed by atoms with Gasteiger partial charge in [0.2, 0.25) is 0 Å². The monoisotopic (exact) mass is 296 g/mol. The number of halogens is 1. The molecule has 17 heavy (non-hydrogen) atoms. The van der Waals surface area contributed by atoms with Gasteiger partial charge >= 0.3 is 0 Å². The average molecular weight is 297 g/mol. The second kappa shape index (κ2) is 5.56. The molecule has 0 aromatic heterocycles. The molecule has 0 aliphatic carbocycles. The minimum atomic E-state index is 0.354. The van der Waals surface area contributed by atoms with Crippen molar-refractivity contribution in [1.29, 1.82) is 0 Å². The molecule has 0 saturated heterocycles. The predicted octanol–water partition coefficient (Wildman–Crippen LogP) is 5.21. The van der Waals surface area contributed by atoms with Crippen LogP contribution in [0, 0.1) is 32.1 Å². The van der Waals surface area contributed by atoms with Gasteiger partial charge < -0.3 is 0 Å². The van der Waals surface area contributed by atoms with Crippen LogP contribution in [0.1, 0.15) is 43.0 Å². The molecule has 0 spiro atoms. The smallest absolute Gasteiger partial charge is 0.00678 e. The molecule has 1 aromatic rings. The largest absolute Gasteiger partial charge is 0.0925 e. The zero-order valence-corrected chi connectivity index (χ0v) is 13.6. The number of aryl methyl sites for hydroxylation is 3. The van der Waals surface area contributed by atoms with Gasteiger partial charge in [-0.3, -0.25) is 0 Å². The summed E-state index contributed by atoms with van der Waals surface area (Å²) in [6.45, 7) is 13.6. The van der Waals surface area contributed by atoms with Crippen molar-refractivity contribution < 1.29 is 0 Å². The quantitative estimate of drug-likeness (QED) is 0.672. The van der Waals surface area contributed by atoms with Crippen LogP contribution in [0.4, 0.5) is 0 Å². The van der Waals surface area contributed by atoms with E-state index in [1.807, 2.05) is 0 Å². The Morgan fingerprint density at radius 2 is 1.53 bits per heavy atom. The highest BCUT2D eigenvalue weighted by molar-refractivity contribution is 9.09. The van der Waals surface area contributed by atoms with Crippen molar-refractivity contribution in [1.82, 2.24) is 0 Å². The topological polar surface area (TPSA) is 0 Å². The maximum absolute atomic E-state index is 3.67. The third kappa shape index (κ3) is 3.84. The Bertz CT molecular complexity index is 362. The van der Waals surface area contributed by atoms with E-state index >= 15 is 0 Å². The average Bonchev–Trinajstić information content (AvgIpc) is 2.14. The molecule has 1 heteroatoms. The van der Waals surface area contributed by atoms with Crippen LogP contribution in [0.25, 0.3) is 0 Å². The van der Waals surface area contributed by atoms with Gasteiger partial charge in [0.25, 0.3) is 0 Å². The van der Waals surface area contributed by atoms with Crippen LogP contribution in [0.15, 0.2) is 12.1 Å². The molecule has 0 aliphatic rings. The Morgan fingerprint density at radius 3 is 1.88 bits per heavy atom. The highest BCUT2D eigenvalue weighted by atomic mass is 79.9. The lowest BCUT2D eigenvalue weighted by Gasteiger charge is -2.30. The van der Waals surface area contributed by atoms with E-state index in [1.54, 1.807) is 0 Å². The lowest BCUT2D eigenvalue weighted by atomic mass is 9.77. The van der Waals surface area contributed by atoms with E-state index in [0.717, 1.165) is 5.33 Å². The zero-order chi connectivity index (χ0) is 13.2. The highest BCUT2D eigenvalue weighted by Gasteiger charge is 2.24. The Kier molecular flexibility index (Phi) is 4.83. The van der Waals surface area contributed by atoms with Crippen molar-refractivity contribution in [3.63, 3.8) is 0 Å². The van der Waals surface area contributed by atoms with Crippen molar-refractivity contribution in [3.8, 4) is 0 Å². The second-order valence-electron chi connectivity index (χ2n) is 6.30. The molecular formula is C16H25Br. The molecule has 0 N–H and O–H groups in total. The van der Waals surface area contributed by atoms with E-state index in [1.165, 1.54) is 28.7 Å². The van der Waals surface area contributed by atoms with Crippen molar-refractivity contribution in [2.24, 2.45) is 11.3 Å². The fourth-order valence-corrected chi connectivity index (χ4v) is 3.57. The van der Waals surface area contributed by atoms with Gasteiger partial charge in [0, 0.05) is 5.33 Å². The van der Waals surface area contributed by atoms with E-state index in [0.29, 0.717) is 11.3 Å². The van der Waals surface area contributed by atoms with Gasteiger partial charge in [-0.1, -0.05) is 54.4 Å². The third-order valence-electron chi connectivity index (χ3n) is 3.70. The van der Waals surface area contributed by atoms with E-state index in [-0.39, 0.29) is 0 Å². The number of rotatable bonds is 3. The number of benzene rings is 1. The van der Waals surface area contributed by atoms with Crippen molar-refractivity contribution in [2.45, 2.75) is 48.0 Å². The number of alkyl halides is 1. The zero-order valence-electron chi connectivity index (χ0n) is 12.0. The van der Waals surface area contributed by atoms with Crippen molar-refractivity contribution in [2.75, 3.05) is 5.33 Å². The number of hydrogen-bond donors (Lipinski definition) is 0. The molecule has 1 rings (SSSR count). The SMILES string of the molecule is Cc1cc(C)c(CC(CBr)C(C)(C)C)c(C)c1. The first kappa shape index (κ1) is 14.8. The summed E-state index contributed by atoms with van der Waals surface area (Å²) < 4.78 is 0. The second-order valence-corrected chi connectivity index (χ2v) is 6.95. The molecule has 0 amide bonds. The molecule has 0 bridgehead atoms. The Labute approximate surface area is 115 Å². The van der Waals surface area contributed by atoms with Gasteiger partial charge in [-0.05, 0) is 55.2 Å². The van der Waals surface area contributed by atoms with E-state index in [2.05, 4.69) is 69.6 Å². The first-order chi connectivity index (χ1) is 7.75. The summed E-state index contributed by atoms with van der Waals surface area (Å²) in [7, 11) is 0. The molecular weight excluding hydrogens is 272 g/mol. The van der Waals surface area contributed by atoms with Gasteiger partial charge in [0.05, 0.1) is 0 Å². The van der Waals surface area contributed by atoms with Crippen LogP contribution in [-0.4, -0.2) is 5.33 Å². The highest BCUT2D eigenvalue weighted by Crippen LogP contribution is 2.32. The minimum Gasteiger partial charge on any atom is -0.0925 e. The summed E-state index contributed by atoms with van der Waals surface area (Å²) in [5, 5.41) is 1.07. The Balaban J connectivity index is 3.02. The van der Waals surface area contributed by atoms with E-state index in [4.69, 9.17) is 0 Å². The van der Waals surface area contributed by atoms with Crippen LogP contribution in [0.2, 0.25) is 0 Å². The lowest BCUT2D eigenvalue weighted by Crippen LogP contribution is -2.24. The summed E-state index contributed by atoms with van der Waals surface area (Å²) in [5.41, 5.74) is 6.15. The maximum atomic E-state index is 3.67. The van der Waals surface area contributed by atoms with Crippen LogP contribution in [0.5, 0.6) is 0 Å². The molecule has 1 atom stereocenters. The molecule has 1 unspecified atom stereocenters. The third-order valence-corrected chi connectivity index (χ3v) is 4.48. The normalized spacial score (nSPS) is 13.8. The molecule has 0 nitrogen and oxygen atoms in total. The molecule has 0 radical (unpaired) electrons. The van der Waals surface area contributed by atoms with Crippen LogP contribution in [-0.2, 0) is 6.42 Å². The van der Waals surface area contributed by atoms with Gasteiger partial charge in [-0.25, -0.2) is 0 Å². The summed E-state index contributed by atoms with van der Waals surface area (Å²) in [4.78, 5) is 0. The first-order valence-electron chi connectivity index (χ1n) is 6.38. The summed E-state index contributed by atoms with van der Waals surface area (Å²) in [6.07, 6.45) is 1.17. The standard InChI is InChI=1S/C16H25Br/c1-11-7-12(2)15(13(3)8-11)9-14(10-17)16(4,5)6/h7-8,14H,9-10H2,1-6H3.